The molecule has 3 aromatic rings. The van der Waals surface area contributed by atoms with Crippen molar-refractivity contribution in [1.29, 1.82) is 0 Å². The fourth-order valence-corrected chi connectivity index (χ4v) is 2.76. The molecule has 141 valence electrons. The Hall–Kier alpha value is -2.17. The summed E-state index contributed by atoms with van der Waals surface area (Å²) < 4.78 is 0. The molecule has 3 rings (SSSR count). The second kappa shape index (κ2) is 10.2. The standard InChI is InChI=1S/C18H16N.C5H9NO.Os/c1-12-9-13(2)11-15(10-12)18-17-6-4-5-14(3)16(17)7-8-19-18;1-4(6-3)5(2)7;/h4-10H,1-3H3;1-3H3;/q-1;;+1. The number of benzene rings is 2. The summed E-state index contributed by atoms with van der Waals surface area (Å²) in [6.45, 7) is 9.52. The summed E-state index contributed by atoms with van der Waals surface area (Å²) >= 11 is 0. The maximum Gasteiger partial charge on any atom is 1.00 e. The van der Waals surface area contributed by atoms with Crippen LogP contribution >= 0.6 is 0 Å². The average Bonchev–Trinajstić information content (AvgIpc) is 2.60. The van der Waals surface area contributed by atoms with Crippen LogP contribution in [0.2, 0.25) is 0 Å². The van der Waals surface area contributed by atoms with Gasteiger partial charge in [0, 0.05) is 20.2 Å². The van der Waals surface area contributed by atoms with Crippen molar-refractivity contribution < 1.29 is 24.6 Å². The number of Topliss-reactive ketones (excluding diaryl/α,β-unsaturated/α-hetero) is 1. The molecule has 1 aromatic heterocycles. The van der Waals surface area contributed by atoms with Crippen molar-refractivity contribution in [3.05, 3.63) is 65.4 Å². The SMILES string of the molecule is CN=C(C)C(C)=O.Cc1[c-]c(-c2nccc3c(C)cccc23)cc(C)c1.[Os+]. The Morgan fingerprint density at radius 1 is 1.04 bits per heavy atom. The first-order chi connectivity index (χ1) is 12.3. The molecule has 0 saturated carbocycles. The molecule has 3 nitrogen and oxygen atoms in total. The zero-order chi connectivity index (χ0) is 19.3. The molecule has 4 heteroatoms. The van der Waals surface area contributed by atoms with Crippen LogP contribution in [0.5, 0.6) is 0 Å². The van der Waals surface area contributed by atoms with Gasteiger partial charge in [0.1, 0.15) is 0 Å². The minimum Gasteiger partial charge on any atom is -0.304 e. The van der Waals surface area contributed by atoms with Gasteiger partial charge in [-0.1, -0.05) is 32.0 Å². The van der Waals surface area contributed by atoms with E-state index in [-0.39, 0.29) is 25.6 Å². The number of aliphatic imine (C=N–C) groups is 1. The van der Waals surface area contributed by atoms with Gasteiger partial charge in [-0.3, -0.25) is 9.79 Å². The number of carbonyl (C=O) groups excluding carboxylic acids is 1. The summed E-state index contributed by atoms with van der Waals surface area (Å²) in [7, 11) is 1.61. The minimum atomic E-state index is 0. The van der Waals surface area contributed by atoms with E-state index in [0.29, 0.717) is 5.71 Å². The average molecular weight is 536 g/mol. The molecule has 1 radical (unpaired) electrons. The summed E-state index contributed by atoms with van der Waals surface area (Å²) in [6.07, 6.45) is 1.89. The monoisotopic (exact) mass is 537 g/mol. The molecule has 27 heavy (non-hydrogen) atoms. The van der Waals surface area contributed by atoms with Gasteiger partial charge in [0.15, 0.2) is 5.78 Å². The molecular formula is C23H25N2OOs. The molecule has 0 aliphatic rings. The van der Waals surface area contributed by atoms with Crippen molar-refractivity contribution in [1.82, 2.24) is 4.98 Å². The molecule has 0 unspecified atom stereocenters. The Balaban J connectivity index is 0.000000395. The Morgan fingerprint density at radius 3 is 2.30 bits per heavy atom. The second-order valence-corrected chi connectivity index (χ2v) is 6.45. The van der Waals surface area contributed by atoms with Gasteiger partial charge < -0.3 is 4.98 Å². The molecule has 0 saturated heterocycles. The number of nitrogens with zero attached hydrogens (tertiary/aromatic N) is 2. The molecule has 0 spiro atoms. The molecule has 0 fully saturated rings. The zero-order valence-corrected chi connectivity index (χ0v) is 19.2. The van der Waals surface area contributed by atoms with Crippen molar-refractivity contribution in [2.24, 2.45) is 4.99 Å². The van der Waals surface area contributed by atoms with Gasteiger partial charge in [-0.25, -0.2) is 0 Å². The van der Waals surface area contributed by atoms with Gasteiger partial charge in [-0.05, 0) is 41.9 Å². The molecule has 0 N–H and O–H groups in total. The summed E-state index contributed by atoms with van der Waals surface area (Å²) in [5, 5.41) is 2.46. The van der Waals surface area contributed by atoms with E-state index in [4.69, 9.17) is 0 Å². The fourth-order valence-electron chi connectivity index (χ4n) is 2.76. The minimum absolute atomic E-state index is 0. The summed E-state index contributed by atoms with van der Waals surface area (Å²) in [5.41, 5.74) is 6.37. The van der Waals surface area contributed by atoms with E-state index in [1.165, 1.54) is 28.8 Å². The van der Waals surface area contributed by atoms with Crippen LogP contribution in [-0.4, -0.2) is 23.5 Å². The fraction of sp³-hybridized carbons (Fsp3) is 0.261. The number of carbonyl (C=O) groups is 1. The summed E-state index contributed by atoms with van der Waals surface area (Å²) in [4.78, 5) is 18.5. The van der Waals surface area contributed by atoms with Crippen LogP contribution < -0.4 is 0 Å². The molecule has 2 aromatic carbocycles. The topological polar surface area (TPSA) is 42.3 Å². The molecule has 0 amide bonds. The van der Waals surface area contributed by atoms with Crippen molar-refractivity contribution in [2.75, 3.05) is 7.05 Å². The number of aromatic nitrogens is 1. The second-order valence-electron chi connectivity index (χ2n) is 6.45. The third kappa shape index (κ3) is 5.91. The van der Waals surface area contributed by atoms with Crippen molar-refractivity contribution in [3.8, 4) is 11.3 Å². The Morgan fingerprint density at radius 2 is 1.74 bits per heavy atom. The first kappa shape index (κ1) is 22.9. The van der Waals surface area contributed by atoms with Gasteiger partial charge in [-0.15, -0.1) is 34.9 Å². The molecule has 0 bridgehead atoms. The van der Waals surface area contributed by atoms with E-state index < -0.39 is 0 Å². The van der Waals surface area contributed by atoms with Crippen LogP contribution in [0, 0.1) is 26.8 Å². The maximum absolute atomic E-state index is 10.2. The Kier molecular flexibility index (Phi) is 8.67. The van der Waals surface area contributed by atoms with Crippen molar-refractivity contribution in [2.45, 2.75) is 34.6 Å². The summed E-state index contributed by atoms with van der Waals surface area (Å²) in [5.74, 6) is 0.0440. The molecular weight excluding hydrogens is 510 g/mol. The predicted molar refractivity (Wildman–Crippen MR) is 110 cm³/mol. The number of aryl methyl sites for hydroxylation is 3. The van der Waals surface area contributed by atoms with Crippen LogP contribution in [0.15, 0.2) is 47.6 Å². The van der Waals surface area contributed by atoms with Gasteiger partial charge in [0.2, 0.25) is 0 Å². The third-order valence-corrected chi connectivity index (χ3v) is 4.27. The molecule has 0 atom stereocenters. The number of pyridine rings is 1. The van der Waals surface area contributed by atoms with Crippen LogP contribution in [0.4, 0.5) is 0 Å². The van der Waals surface area contributed by atoms with E-state index >= 15 is 0 Å². The Labute approximate surface area is 175 Å². The van der Waals surface area contributed by atoms with Crippen molar-refractivity contribution >= 4 is 22.3 Å². The zero-order valence-electron chi connectivity index (χ0n) is 16.7. The Bertz CT molecular complexity index is 957. The van der Waals surface area contributed by atoms with E-state index in [1.807, 2.05) is 6.20 Å². The van der Waals surface area contributed by atoms with Crippen LogP contribution in [0.3, 0.4) is 0 Å². The molecule has 0 aliphatic heterocycles. The maximum atomic E-state index is 10.2. The van der Waals surface area contributed by atoms with Gasteiger partial charge in [0.05, 0.1) is 5.71 Å². The van der Waals surface area contributed by atoms with Crippen LogP contribution in [0.1, 0.15) is 30.5 Å². The normalized spacial score (nSPS) is 10.7. The van der Waals surface area contributed by atoms with Crippen LogP contribution in [-0.2, 0) is 24.6 Å². The molecule has 1 heterocycles. The van der Waals surface area contributed by atoms with Crippen molar-refractivity contribution in [3.63, 3.8) is 0 Å². The number of rotatable bonds is 2. The quantitative estimate of drug-likeness (QED) is 0.331. The smallest absolute Gasteiger partial charge is 0.304 e. The number of hydrogen-bond donors (Lipinski definition) is 0. The first-order valence-corrected chi connectivity index (χ1v) is 8.63. The van der Waals surface area contributed by atoms with Gasteiger partial charge in [0.25, 0.3) is 0 Å². The third-order valence-electron chi connectivity index (χ3n) is 4.27. The largest absolute Gasteiger partial charge is 1.00 e. The van der Waals surface area contributed by atoms with E-state index in [2.05, 4.69) is 73.2 Å². The van der Waals surface area contributed by atoms with E-state index in [1.54, 1.807) is 14.0 Å². The van der Waals surface area contributed by atoms with E-state index in [9.17, 15) is 4.79 Å². The van der Waals surface area contributed by atoms with Gasteiger partial charge >= 0.3 is 19.8 Å². The van der Waals surface area contributed by atoms with E-state index in [0.717, 1.165) is 16.8 Å². The van der Waals surface area contributed by atoms with Gasteiger partial charge in [-0.2, -0.15) is 0 Å². The first-order valence-electron chi connectivity index (χ1n) is 8.63. The predicted octanol–water partition coefficient (Wildman–Crippen LogP) is 5.29. The molecule has 0 aliphatic carbocycles. The van der Waals surface area contributed by atoms with Crippen LogP contribution in [0.25, 0.3) is 22.0 Å². The number of hydrogen-bond acceptors (Lipinski definition) is 3. The number of fused-ring (bicyclic) bond motifs is 1. The summed E-state index contributed by atoms with van der Waals surface area (Å²) in [6, 6.07) is 16.1. The number of ketones is 1.